The molecular formula is C10H14Cl2N2. The van der Waals surface area contributed by atoms with Gasteiger partial charge >= 0.3 is 0 Å². The van der Waals surface area contributed by atoms with Crippen LogP contribution in [0, 0.1) is 0 Å². The summed E-state index contributed by atoms with van der Waals surface area (Å²) in [5.74, 6) is 0.784. The van der Waals surface area contributed by atoms with Crippen LogP contribution in [0.2, 0.25) is 5.02 Å². The maximum Gasteiger partial charge on any atom is 0.126 e. The molecule has 0 bridgehead atoms. The summed E-state index contributed by atoms with van der Waals surface area (Å²) >= 11 is 11.8. The van der Waals surface area contributed by atoms with Gasteiger partial charge in [-0.15, -0.1) is 11.6 Å². The maximum atomic E-state index is 6.03. The van der Waals surface area contributed by atoms with Crippen molar-refractivity contribution in [3.63, 3.8) is 0 Å². The van der Waals surface area contributed by atoms with E-state index >= 15 is 0 Å². The third kappa shape index (κ3) is 3.03. The molecule has 1 heterocycles. The van der Waals surface area contributed by atoms with Gasteiger partial charge in [-0.25, -0.2) is 4.98 Å². The van der Waals surface area contributed by atoms with Gasteiger partial charge in [0.2, 0.25) is 0 Å². The Morgan fingerprint density at radius 1 is 1.43 bits per heavy atom. The fraction of sp³-hybridized carbons (Fsp3) is 0.500. The highest BCUT2D eigenvalue weighted by molar-refractivity contribution is 6.30. The van der Waals surface area contributed by atoms with Gasteiger partial charge in [-0.05, 0) is 32.9 Å². The minimum atomic E-state index is -0.192. The molecule has 1 atom stereocenters. The van der Waals surface area contributed by atoms with E-state index in [2.05, 4.69) is 10.3 Å². The van der Waals surface area contributed by atoms with Crippen molar-refractivity contribution in [1.82, 2.24) is 4.98 Å². The summed E-state index contributed by atoms with van der Waals surface area (Å²) in [5, 5.41) is 3.89. The van der Waals surface area contributed by atoms with Crippen LogP contribution < -0.4 is 5.32 Å². The smallest absolute Gasteiger partial charge is 0.126 e. The molecule has 1 rings (SSSR count). The lowest BCUT2D eigenvalue weighted by atomic mass is 10.0. The maximum absolute atomic E-state index is 6.03. The van der Waals surface area contributed by atoms with Gasteiger partial charge in [-0.1, -0.05) is 11.6 Å². The Balaban J connectivity index is 2.74. The molecule has 1 N–H and O–H groups in total. The quantitative estimate of drug-likeness (QED) is 0.807. The third-order valence-electron chi connectivity index (χ3n) is 2.17. The molecule has 4 heteroatoms. The first-order valence-corrected chi connectivity index (χ1v) is 5.27. The molecule has 1 aromatic rings. The predicted molar refractivity (Wildman–Crippen MR) is 62.3 cm³/mol. The van der Waals surface area contributed by atoms with Crippen LogP contribution in [0.3, 0.4) is 0 Å². The number of aromatic nitrogens is 1. The van der Waals surface area contributed by atoms with E-state index in [4.69, 9.17) is 23.2 Å². The lowest BCUT2D eigenvalue weighted by molar-refractivity contribution is 0.552. The zero-order valence-corrected chi connectivity index (χ0v) is 10.0. The molecule has 0 spiro atoms. The molecule has 1 unspecified atom stereocenters. The molecule has 14 heavy (non-hydrogen) atoms. The van der Waals surface area contributed by atoms with Gasteiger partial charge in [0.05, 0.1) is 10.4 Å². The number of hydrogen-bond donors (Lipinski definition) is 1. The summed E-state index contributed by atoms with van der Waals surface area (Å²) < 4.78 is 0. The number of anilines is 1. The van der Waals surface area contributed by atoms with E-state index in [1.165, 1.54) is 0 Å². The van der Waals surface area contributed by atoms with Crippen LogP contribution in [0.25, 0.3) is 0 Å². The van der Waals surface area contributed by atoms with Gasteiger partial charge in [-0.3, -0.25) is 0 Å². The minimum Gasteiger partial charge on any atom is -0.364 e. The molecule has 0 radical (unpaired) electrons. The highest BCUT2D eigenvalue weighted by Crippen LogP contribution is 2.20. The van der Waals surface area contributed by atoms with Gasteiger partial charge in [0.15, 0.2) is 0 Å². The van der Waals surface area contributed by atoms with Crippen LogP contribution in [0.4, 0.5) is 5.82 Å². The molecule has 0 aliphatic carbocycles. The number of hydrogen-bond acceptors (Lipinski definition) is 2. The zero-order chi connectivity index (χ0) is 10.8. The fourth-order valence-corrected chi connectivity index (χ4v) is 1.05. The Bertz CT molecular complexity index is 293. The van der Waals surface area contributed by atoms with Crippen molar-refractivity contribution in [1.29, 1.82) is 0 Å². The molecule has 0 aliphatic heterocycles. The van der Waals surface area contributed by atoms with E-state index in [0.29, 0.717) is 5.02 Å². The lowest BCUT2D eigenvalue weighted by Gasteiger charge is -2.29. The van der Waals surface area contributed by atoms with E-state index in [1.54, 1.807) is 12.3 Å². The van der Waals surface area contributed by atoms with Crippen molar-refractivity contribution in [2.75, 3.05) is 5.32 Å². The minimum absolute atomic E-state index is 0.0139. The SMILES string of the molecule is CC(Cl)C(C)(C)Nc1ccc(Cl)cn1. The van der Waals surface area contributed by atoms with Crippen LogP contribution in [0.1, 0.15) is 20.8 Å². The Labute approximate surface area is 94.6 Å². The second kappa shape index (κ2) is 4.37. The van der Waals surface area contributed by atoms with E-state index in [1.807, 2.05) is 26.8 Å². The van der Waals surface area contributed by atoms with Crippen LogP contribution in [-0.4, -0.2) is 15.9 Å². The molecule has 1 aromatic heterocycles. The van der Waals surface area contributed by atoms with Gasteiger partial charge in [0.25, 0.3) is 0 Å². The average molecular weight is 233 g/mol. The molecule has 0 saturated carbocycles. The second-order valence-corrected chi connectivity index (χ2v) is 4.92. The van der Waals surface area contributed by atoms with Crippen molar-refractivity contribution in [3.05, 3.63) is 23.4 Å². The first kappa shape index (κ1) is 11.6. The molecule has 0 aliphatic rings. The van der Waals surface area contributed by atoms with E-state index in [-0.39, 0.29) is 10.9 Å². The normalized spacial score (nSPS) is 13.8. The number of nitrogens with zero attached hydrogens (tertiary/aromatic N) is 1. The molecule has 0 aromatic carbocycles. The highest BCUT2D eigenvalue weighted by atomic mass is 35.5. The van der Waals surface area contributed by atoms with Crippen molar-refractivity contribution in [3.8, 4) is 0 Å². The summed E-state index contributed by atoms with van der Waals surface area (Å²) in [4.78, 5) is 4.14. The first-order valence-electron chi connectivity index (χ1n) is 4.45. The summed E-state index contributed by atoms with van der Waals surface area (Å²) in [7, 11) is 0. The summed E-state index contributed by atoms with van der Waals surface area (Å²) in [6, 6.07) is 3.63. The molecule has 2 nitrogen and oxygen atoms in total. The zero-order valence-electron chi connectivity index (χ0n) is 8.51. The van der Waals surface area contributed by atoms with E-state index < -0.39 is 0 Å². The average Bonchev–Trinajstić information content (AvgIpc) is 2.08. The Kier molecular flexibility index (Phi) is 3.62. The largest absolute Gasteiger partial charge is 0.364 e. The lowest BCUT2D eigenvalue weighted by Crippen LogP contribution is -2.39. The second-order valence-electron chi connectivity index (χ2n) is 3.82. The number of alkyl halides is 1. The third-order valence-corrected chi connectivity index (χ3v) is 2.94. The highest BCUT2D eigenvalue weighted by Gasteiger charge is 2.23. The Morgan fingerprint density at radius 2 is 2.07 bits per heavy atom. The van der Waals surface area contributed by atoms with Crippen molar-refractivity contribution >= 4 is 29.0 Å². The van der Waals surface area contributed by atoms with Crippen LogP contribution in [0.5, 0.6) is 0 Å². The topological polar surface area (TPSA) is 24.9 Å². The number of rotatable bonds is 3. The number of nitrogens with one attached hydrogen (secondary N) is 1. The number of halogens is 2. The molecule has 0 fully saturated rings. The first-order chi connectivity index (χ1) is 6.42. The van der Waals surface area contributed by atoms with Crippen LogP contribution >= 0.6 is 23.2 Å². The van der Waals surface area contributed by atoms with Crippen molar-refractivity contribution in [2.24, 2.45) is 0 Å². The van der Waals surface area contributed by atoms with Gasteiger partial charge in [-0.2, -0.15) is 0 Å². The van der Waals surface area contributed by atoms with Gasteiger partial charge in [0, 0.05) is 11.7 Å². The number of pyridine rings is 1. The van der Waals surface area contributed by atoms with E-state index in [9.17, 15) is 0 Å². The standard InChI is InChI=1S/C10H14Cl2N2/c1-7(11)10(2,3)14-9-5-4-8(12)6-13-9/h4-7H,1-3H3,(H,13,14). The summed E-state index contributed by atoms with van der Waals surface area (Å²) in [6.07, 6.45) is 1.61. The fourth-order valence-electron chi connectivity index (χ4n) is 0.879. The van der Waals surface area contributed by atoms with E-state index in [0.717, 1.165) is 5.82 Å². The monoisotopic (exact) mass is 232 g/mol. The van der Waals surface area contributed by atoms with Crippen molar-refractivity contribution < 1.29 is 0 Å². The Hall–Kier alpha value is -0.470. The molecular weight excluding hydrogens is 219 g/mol. The predicted octanol–water partition coefficient (Wildman–Crippen LogP) is 3.55. The van der Waals surface area contributed by atoms with Crippen LogP contribution in [-0.2, 0) is 0 Å². The molecule has 0 saturated heterocycles. The summed E-state index contributed by atoms with van der Waals surface area (Å²) in [5.41, 5.74) is -0.192. The molecule has 0 amide bonds. The van der Waals surface area contributed by atoms with Crippen LogP contribution in [0.15, 0.2) is 18.3 Å². The molecule has 78 valence electrons. The van der Waals surface area contributed by atoms with Gasteiger partial charge in [0.1, 0.15) is 5.82 Å². The van der Waals surface area contributed by atoms with Gasteiger partial charge < -0.3 is 5.32 Å². The van der Waals surface area contributed by atoms with Crippen molar-refractivity contribution in [2.45, 2.75) is 31.7 Å². The Morgan fingerprint density at radius 3 is 2.50 bits per heavy atom. The summed E-state index contributed by atoms with van der Waals surface area (Å²) in [6.45, 7) is 6.01.